The molecular weight excluding hydrogens is 354 g/mol. The van der Waals surface area contributed by atoms with Crippen LogP contribution in [0.15, 0.2) is 65.3 Å². The molecule has 28 heavy (non-hydrogen) atoms. The van der Waals surface area contributed by atoms with Crippen molar-refractivity contribution in [1.29, 1.82) is 0 Å². The summed E-state index contributed by atoms with van der Waals surface area (Å²) in [6.45, 7) is 2.51. The van der Waals surface area contributed by atoms with Crippen LogP contribution in [0.3, 0.4) is 0 Å². The molecule has 0 aliphatic heterocycles. The van der Waals surface area contributed by atoms with Crippen LogP contribution >= 0.6 is 0 Å². The predicted octanol–water partition coefficient (Wildman–Crippen LogP) is 4.59. The summed E-state index contributed by atoms with van der Waals surface area (Å²) in [4.78, 5) is 16.6. The van der Waals surface area contributed by atoms with Crippen LogP contribution in [0, 0.1) is 6.92 Å². The van der Waals surface area contributed by atoms with Crippen molar-refractivity contribution in [2.75, 3.05) is 24.3 Å². The second-order valence-electron chi connectivity index (χ2n) is 6.89. The summed E-state index contributed by atoms with van der Waals surface area (Å²) in [6, 6.07) is 16.2. The molecule has 0 radical (unpaired) electrons. The first-order chi connectivity index (χ1) is 13.4. The van der Waals surface area contributed by atoms with Gasteiger partial charge in [-0.2, -0.15) is 0 Å². The van der Waals surface area contributed by atoms with Crippen LogP contribution < -0.4 is 10.2 Å². The van der Waals surface area contributed by atoms with Crippen molar-refractivity contribution in [3.63, 3.8) is 0 Å². The van der Waals surface area contributed by atoms with Gasteiger partial charge in [0.25, 0.3) is 0 Å². The molecule has 0 bridgehead atoms. The number of carbonyl (C=O) groups excluding carboxylic acids is 1. The number of phenols is 1. The van der Waals surface area contributed by atoms with E-state index in [2.05, 4.69) is 5.32 Å². The lowest BCUT2D eigenvalue weighted by molar-refractivity contribution is 0.200. The van der Waals surface area contributed by atoms with Gasteiger partial charge in [0.1, 0.15) is 11.5 Å². The number of hydrogen-bond donors (Lipinski definition) is 2. The lowest BCUT2D eigenvalue weighted by atomic mass is 10.1. The zero-order valence-electron chi connectivity index (χ0n) is 16.3. The Balaban J connectivity index is 1.81. The summed E-state index contributed by atoms with van der Waals surface area (Å²) in [7, 11) is 3.95. The first kappa shape index (κ1) is 19.4. The number of benzene rings is 2. The van der Waals surface area contributed by atoms with E-state index >= 15 is 0 Å². The minimum atomic E-state index is -0.264. The van der Waals surface area contributed by atoms with Crippen molar-refractivity contribution in [2.45, 2.75) is 20.0 Å². The fourth-order valence-electron chi connectivity index (χ4n) is 2.90. The van der Waals surface area contributed by atoms with Gasteiger partial charge in [-0.1, -0.05) is 18.2 Å². The standard InChI is InChI=1S/C22H25N3O3/c1-16-13-18(24(2)3)10-11-20(16)23-22(27)25(15-19-8-6-12-28-19)14-17-7-4-5-9-21(17)26/h4-13,26H,14-15H2,1-3H3,(H,23,27). The number of nitrogens with zero attached hydrogens (tertiary/aromatic N) is 2. The molecule has 3 aromatic rings. The summed E-state index contributed by atoms with van der Waals surface area (Å²) >= 11 is 0. The fraction of sp³-hybridized carbons (Fsp3) is 0.227. The van der Waals surface area contributed by atoms with Gasteiger partial charge >= 0.3 is 6.03 Å². The van der Waals surface area contributed by atoms with Crippen molar-refractivity contribution in [3.8, 4) is 5.75 Å². The van der Waals surface area contributed by atoms with E-state index in [1.807, 2.05) is 56.3 Å². The number of furan rings is 1. The van der Waals surface area contributed by atoms with E-state index in [1.54, 1.807) is 35.4 Å². The highest BCUT2D eigenvalue weighted by Gasteiger charge is 2.18. The molecule has 2 aromatic carbocycles. The fourth-order valence-corrected chi connectivity index (χ4v) is 2.90. The van der Waals surface area contributed by atoms with Gasteiger partial charge in [-0.25, -0.2) is 4.79 Å². The second kappa shape index (κ2) is 8.52. The van der Waals surface area contributed by atoms with Crippen LogP contribution in [0.1, 0.15) is 16.9 Å². The van der Waals surface area contributed by atoms with E-state index in [9.17, 15) is 9.90 Å². The highest BCUT2D eigenvalue weighted by Crippen LogP contribution is 2.23. The molecule has 3 rings (SSSR count). The molecule has 0 saturated carbocycles. The monoisotopic (exact) mass is 379 g/mol. The molecule has 0 atom stereocenters. The van der Waals surface area contributed by atoms with Crippen LogP contribution in [0.4, 0.5) is 16.2 Å². The van der Waals surface area contributed by atoms with Gasteiger partial charge in [-0.3, -0.25) is 0 Å². The van der Waals surface area contributed by atoms with Crippen LogP contribution in [-0.4, -0.2) is 30.1 Å². The largest absolute Gasteiger partial charge is 0.508 e. The van der Waals surface area contributed by atoms with E-state index in [1.165, 1.54) is 0 Å². The van der Waals surface area contributed by atoms with Crippen LogP contribution in [0.2, 0.25) is 0 Å². The Bertz CT molecular complexity index is 936. The van der Waals surface area contributed by atoms with Gasteiger partial charge in [0.15, 0.2) is 0 Å². The third-order valence-corrected chi connectivity index (χ3v) is 4.53. The normalized spacial score (nSPS) is 10.5. The molecule has 1 heterocycles. The summed E-state index contributed by atoms with van der Waals surface area (Å²) < 4.78 is 5.41. The van der Waals surface area contributed by atoms with Gasteiger partial charge in [0.05, 0.1) is 19.4 Å². The molecule has 2 N–H and O–H groups in total. The quantitative estimate of drug-likeness (QED) is 0.657. The highest BCUT2D eigenvalue weighted by atomic mass is 16.3. The molecular formula is C22H25N3O3. The smallest absolute Gasteiger partial charge is 0.322 e. The summed E-state index contributed by atoms with van der Waals surface area (Å²) in [5, 5.41) is 13.1. The third-order valence-electron chi connectivity index (χ3n) is 4.53. The molecule has 0 fully saturated rings. The number of hydrogen-bond acceptors (Lipinski definition) is 4. The maximum Gasteiger partial charge on any atom is 0.322 e. The number of urea groups is 1. The van der Waals surface area contributed by atoms with E-state index in [4.69, 9.17) is 4.42 Å². The lowest BCUT2D eigenvalue weighted by Gasteiger charge is -2.23. The Labute approximate surface area is 165 Å². The van der Waals surface area contributed by atoms with Crippen LogP contribution in [0.5, 0.6) is 5.75 Å². The average Bonchev–Trinajstić information content (AvgIpc) is 3.17. The predicted molar refractivity (Wildman–Crippen MR) is 111 cm³/mol. The van der Waals surface area contributed by atoms with Gasteiger partial charge in [-0.15, -0.1) is 0 Å². The summed E-state index contributed by atoms with van der Waals surface area (Å²) in [6.07, 6.45) is 1.58. The van der Waals surface area contributed by atoms with Gasteiger partial charge in [0.2, 0.25) is 0 Å². The Hall–Kier alpha value is -3.41. The van der Waals surface area contributed by atoms with Crippen LogP contribution in [-0.2, 0) is 13.1 Å². The summed E-state index contributed by atoms with van der Waals surface area (Å²) in [5.74, 6) is 0.830. The minimum absolute atomic E-state index is 0.159. The summed E-state index contributed by atoms with van der Waals surface area (Å²) in [5.41, 5.74) is 3.46. The van der Waals surface area contributed by atoms with Crippen LogP contribution in [0.25, 0.3) is 0 Å². The Morgan fingerprint density at radius 1 is 1.07 bits per heavy atom. The van der Waals surface area contributed by atoms with Gasteiger partial charge in [-0.05, 0) is 48.9 Å². The van der Waals surface area contributed by atoms with Crippen molar-refractivity contribution in [2.24, 2.45) is 0 Å². The number of para-hydroxylation sites is 1. The third kappa shape index (κ3) is 4.65. The van der Waals surface area contributed by atoms with E-state index in [0.29, 0.717) is 17.9 Å². The maximum absolute atomic E-state index is 13.0. The Kier molecular flexibility index (Phi) is 5.89. The maximum atomic E-state index is 13.0. The molecule has 6 nitrogen and oxygen atoms in total. The molecule has 0 saturated heterocycles. The molecule has 0 aliphatic carbocycles. The Morgan fingerprint density at radius 2 is 1.86 bits per heavy atom. The molecule has 6 heteroatoms. The number of rotatable bonds is 6. The number of amides is 2. The zero-order chi connectivity index (χ0) is 20.1. The molecule has 146 valence electrons. The highest BCUT2D eigenvalue weighted by molar-refractivity contribution is 5.90. The second-order valence-corrected chi connectivity index (χ2v) is 6.89. The average molecular weight is 379 g/mol. The van der Waals surface area contributed by atoms with Crippen molar-refractivity contribution >= 4 is 17.4 Å². The Morgan fingerprint density at radius 3 is 2.50 bits per heavy atom. The number of aryl methyl sites for hydroxylation is 1. The number of carbonyl (C=O) groups is 1. The molecule has 0 unspecified atom stereocenters. The van der Waals surface area contributed by atoms with E-state index in [-0.39, 0.29) is 18.3 Å². The first-order valence-electron chi connectivity index (χ1n) is 9.07. The zero-order valence-corrected chi connectivity index (χ0v) is 16.3. The first-order valence-corrected chi connectivity index (χ1v) is 9.07. The minimum Gasteiger partial charge on any atom is -0.508 e. The van der Waals surface area contributed by atoms with Crippen molar-refractivity contribution in [1.82, 2.24) is 4.90 Å². The molecule has 0 aliphatic rings. The topological polar surface area (TPSA) is 69.0 Å². The van der Waals surface area contributed by atoms with Crippen molar-refractivity contribution in [3.05, 3.63) is 77.7 Å². The lowest BCUT2D eigenvalue weighted by Crippen LogP contribution is -2.34. The molecule has 1 aromatic heterocycles. The van der Waals surface area contributed by atoms with Crippen molar-refractivity contribution < 1.29 is 14.3 Å². The molecule has 2 amide bonds. The van der Waals surface area contributed by atoms with E-state index < -0.39 is 0 Å². The number of phenolic OH excluding ortho intramolecular Hbond substituents is 1. The van der Waals surface area contributed by atoms with Gasteiger partial charge < -0.3 is 24.6 Å². The van der Waals surface area contributed by atoms with Gasteiger partial charge in [0, 0.05) is 31.0 Å². The van der Waals surface area contributed by atoms with E-state index in [0.717, 1.165) is 16.9 Å². The SMILES string of the molecule is Cc1cc(N(C)C)ccc1NC(=O)N(Cc1ccco1)Cc1ccccc1O. The molecule has 0 spiro atoms. The number of aromatic hydroxyl groups is 1. The number of nitrogens with one attached hydrogen (secondary N) is 1. The number of anilines is 2.